The fraction of sp³-hybridized carbons (Fsp3) is 0.0909. The van der Waals surface area contributed by atoms with Gasteiger partial charge in [0.2, 0.25) is 0 Å². The lowest BCUT2D eigenvalue weighted by atomic mass is 10.1. The topological polar surface area (TPSA) is 37.4 Å². The first-order valence-corrected chi connectivity index (χ1v) is 5.67. The highest BCUT2D eigenvalue weighted by atomic mass is 79.9. The van der Waals surface area contributed by atoms with Crippen molar-refractivity contribution in [3.05, 3.63) is 39.8 Å². The van der Waals surface area contributed by atoms with Crippen LogP contribution in [0, 0.1) is 0 Å². The van der Waals surface area contributed by atoms with Gasteiger partial charge in [0.15, 0.2) is 0 Å². The Morgan fingerprint density at radius 1 is 1.44 bits per heavy atom. The molecule has 0 saturated carbocycles. The molecule has 5 heteroatoms. The van der Waals surface area contributed by atoms with Gasteiger partial charge in [-0.3, -0.25) is 14.5 Å². The van der Waals surface area contributed by atoms with Crippen molar-refractivity contribution in [2.75, 3.05) is 11.4 Å². The van der Waals surface area contributed by atoms with Crippen molar-refractivity contribution in [2.45, 2.75) is 0 Å². The first-order valence-electron chi connectivity index (χ1n) is 4.49. The SMILES string of the molecule is C=C(Cl)CN1C(=O)C(=O)c2ccc(Br)cc21. The van der Waals surface area contributed by atoms with Gasteiger partial charge in [0.05, 0.1) is 17.8 Å². The van der Waals surface area contributed by atoms with Crippen molar-refractivity contribution in [1.29, 1.82) is 0 Å². The van der Waals surface area contributed by atoms with E-state index >= 15 is 0 Å². The maximum Gasteiger partial charge on any atom is 0.299 e. The Morgan fingerprint density at radius 3 is 2.75 bits per heavy atom. The Bertz CT molecular complexity index is 513. The number of amides is 1. The molecular weight excluding hydrogens is 293 g/mol. The number of hydrogen-bond donors (Lipinski definition) is 0. The van der Waals surface area contributed by atoms with E-state index in [1.807, 2.05) is 0 Å². The van der Waals surface area contributed by atoms with E-state index in [1.165, 1.54) is 4.90 Å². The molecule has 82 valence electrons. The van der Waals surface area contributed by atoms with Crippen molar-refractivity contribution in [2.24, 2.45) is 0 Å². The summed E-state index contributed by atoms with van der Waals surface area (Å²) in [5, 5.41) is 0.314. The zero-order valence-corrected chi connectivity index (χ0v) is 10.5. The molecule has 0 saturated heterocycles. The largest absolute Gasteiger partial charge is 0.299 e. The number of halogens is 2. The first-order chi connectivity index (χ1) is 7.50. The average molecular weight is 301 g/mol. The van der Waals surface area contributed by atoms with Gasteiger partial charge in [-0.1, -0.05) is 34.1 Å². The molecule has 1 aromatic rings. The molecule has 0 bridgehead atoms. The minimum atomic E-state index is -0.560. The van der Waals surface area contributed by atoms with Crippen LogP contribution in [0.2, 0.25) is 0 Å². The number of anilines is 1. The highest BCUT2D eigenvalue weighted by Crippen LogP contribution is 2.32. The molecule has 0 radical (unpaired) electrons. The quantitative estimate of drug-likeness (QED) is 0.788. The summed E-state index contributed by atoms with van der Waals surface area (Å²) in [6, 6.07) is 5.07. The van der Waals surface area contributed by atoms with Crippen LogP contribution < -0.4 is 4.90 Å². The van der Waals surface area contributed by atoms with Crippen LogP contribution >= 0.6 is 27.5 Å². The molecule has 1 amide bonds. The number of carbonyl (C=O) groups excluding carboxylic acids is 2. The molecule has 16 heavy (non-hydrogen) atoms. The summed E-state index contributed by atoms with van der Waals surface area (Å²) in [5.74, 6) is -1.06. The second-order valence-electron chi connectivity index (χ2n) is 3.40. The summed E-state index contributed by atoms with van der Waals surface area (Å²) in [7, 11) is 0. The van der Waals surface area contributed by atoms with Gasteiger partial charge in [-0.15, -0.1) is 0 Å². The maximum absolute atomic E-state index is 11.7. The molecule has 0 aromatic heterocycles. The molecule has 1 aliphatic rings. The van der Waals surface area contributed by atoms with Crippen molar-refractivity contribution >= 4 is 44.9 Å². The number of nitrogens with zero attached hydrogens (tertiary/aromatic N) is 1. The van der Waals surface area contributed by atoms with E-state index in [-0.39, 0.29) is 6.54 Å². The van der Waals surface area contributed by atoms with Gasteiger partial charge in [0, 0.05) is 9.51 Å². The molecule has 0 spiro atoms. The Kier molecular flexibility index (Phi) is 2.86. The fourth-order valence-corrected chi connectivity index (χ4v) is 2.06. The number of fused-ring (bicyclic) bond motifs is 1. The molecule has 0 atom stereocenters. The van der Waals surface area contributed by atoms with Crippen molar-refractivity contribution in [1.82, 2.24) is 0 Å². The van der Waals surface area contributed by atoms with Gasteiger partial charge in [0.25, 0.3) is 11.7 Å². The predicted octanol–water partition coefficient (Wildman–Crippen LogP) is 2.73. The number of hydrogen-bond acceptors (Lipinski definition) is 2. The maximum atomic E-state index is 11.7. The Hall–Kier alpha value is -1.13. The molecule has 1 aliphatic heterocycles. The van der Waals surface area contributed by atoms with Crippen molar-refractivity contribution in [3.63, 3.8) is 0 Å². The fourth-order valence-electron chi connectivity index (χ4n) is 1.60. The van der Waals surface area contributed by atoms with Gasteiger partial charge in [-0.05, 0) is 18.2 Å². The second-order valence-corrected chi connectivity index (χ2v) is 4.85. The molecule has 3 nitrogen and oxygen atoms in total. The standard InChI is InChI=1S/C11H7BrClNO2/c1-6(13)5-14-9-4-7(12)2-3-8(9)10(15)11(14)16/h2-4H,1,5H2. The van der Waals surface area contributed by atoms with Crippen LogP contribution in [0.1, 0.15) is 10.4 Å². The van der Waals surface area contributed by atoms with Crippen LogP contribution in [0.25, 0.3) is 0 Å². The number of Topliss-reactive ketones (excluding diaryl/α,β-unsaturated/α-hetero) is 1. The molecular formula is C11H7BrClNO2. The smallest absolute Gasteiger partial charge is 0.299 e. The van der Waals surface area contributed by atoms with E-state index in [1.54, 1.807) is 18.2 Å². The van der Waals surface area contributed by atoms with E-state index in [0.29, 0.717) is 16.3 Å². The van der Waals surface area contributed by atoms with Gasteiger partial charge in [0.1, 0.15) is 0 Å². The summed E-state index contributed by atoms with van der Waals surface area (Å²) < 4.78 is 0.805. The zero-order chi connectivity index (χ0) is 11.9. The number of ketones is 1. The molecule has 1 aromatic carbocycles. The molecule has 0 aliphatic carbocycles. The lowest BCUT2D eigenvalue weighted by molar-refractivity contribution is -0.114. The summed E-state index contributed by atoms with van der Waals surface area (Å²) >= 11 is 8.96. The van der Waals surface area contributed by atoms with Crippen LogP contribution in [-0.4, -0.2) is 18.2 Å². The summed E-state index contributed by atoms with van der Waals surface area (Å²) in [6.07, 6.45) is 0. The Morgan fingerprint density at radius 2 is 2.12 bits per heavy atom. The van der Waals surface area contributed by atoms with E-state index in [2.05, 4.69) is 22.5 Å². The third-order valence-corrected chi connectivity index (χ3v) is 2.88. The minimum absolute atomic E-state index is 0.148. The lowest BCUT2D eigenvalue weighted by Gasteiger charge is -2.15. The molecule has 0 fully saturated rings. The van der Waals surface area contributed by atoms with Crippen LogP contribution in [0.4, 0.5) is 5.69 Å². The number of rotatable bonds is 2. The van der Waals surface area contributed by atoms with Gasteiger partial charge < -0.3 is 0 Å². The molecule has 2 rings (SSSR count). The van der Waals surface area contributed by atoms with E-state index in [0.717, 1.165) is 4.47 Å². The Labute approximate surface area is 106 Å². The number of benzene rings is 1. The average Bonchev–Trinajstić information content (AvgIpc) is 2.43. The lowest BCUT2D eigenvalue weighted by Crippen LogP contribution is -2.30. The monoisotopic (exact) mass is 299 g/mol. The van der Waals surface area contributed by atoms with Gasteiger partial charge in [-0.2, -0.15) is 0 Å². The molecule has 0 unspecified atom stereocenters. The van der Waals surface area contributed by atoms with E-state index in [9.17, 15) is 9.59 Å². The normalized spacial score (nSPS) is 14.2. The van der Waals surface area contributed by atoms with Crippen LogP contribution in [0.5, 0.6) is 0 Å². The zero-order valence-electron chi connectivity index (χ0n) is 8.17. The second kappa shape index (κ2) is 4.03. The van der Waals surface area contributed by atoms with E-state index in [4.69, 9.17) is 11.6 Å². The number of carbonyl (C=O) groups is 2. The van der Waals surface area contributed by atoms with Crippen LogP contribution in [0.15, 0.2) is 34.3 Å². The summed E-state index contributed by atoms with van der Waals surface area (Å²) in [6.45, 7) is 3.67. The summed E-state index contributed by atoms with van der Waals surface area (Å²) in [4.78, 5) is 24.6. The highest BCUT2D eigenvalue weighted by Gasteiger charge is 2.35. The molecule has 0 N–H and O–H groups in total. The van der Waals surface area contributed by atoms with Crippen molar-refractivity contribution in [3.8, 4) is 0 Å². The third kappa shape index (κ3) is 1.79. The predicted molar refractivity (Wildman–Crippen MR) is 65.8 cm³/mol. The first kappa shape index (κ1) is 11.4. The van der Waals surface area contributed by atoms with Crippen LogP contribution in [-0.2, 0) is 4.79 Å². The van der Waals surface area contributed by atoms with Gasteiger partial charge >= 0.3 is 0 Å². The highest BCUT2D eigenvalue weighted by molar-refractivity contribution is 9.10. The van der Waals surface area contributed by atoms with Crippen LogP contribution in [0.3, 0.4) is 0 Å². The minimum Gasteiger partial charge on any atom is -0.299 e. The Balaban J connectivity index is 2.51. The van der Waals surface area contributed by atoms with E-state index < -0.39 is 11.7 Å². The van der Waals surface area contributed by atoms with Gasteiger partial charge in [-0.25, -0.2) is 0 Å². The van der Waals surface area contributed by atoms with Crippen molar-refractivity contribution < 1.29 is 9.59 Å². The molecule has 1 heterocycles. The third-order valence-electron chi connectivity index (χ3n) is 2.26. The summed E-state index contributed by atoms with van der Waals surface area (Å²) in [5.41, 5.74) is 0.984.